The van der Waals surface area contributed by atoms with E-state index in [1.54, 1.807) is 5.54 Å². The molecular weight excluding hydrogens is 172 g/mol. The van der Waals surface area contributed by atoms with Gasteiger partial charge in [-0.15, -0.1) is 0 Å². The van der Waals surface area contributed by atoms with Crippen molar-refractivity contribution in [3.8, 4) is 0 Å². The molecule has 0 amide bonds. The molecule has 0 saturated heterocycles. The molecule has 0 aromatic carbocycles. The van der Waals surface area contributed by atoms with Gasteiger partial charge in [0.2, 0.25) is 0 Å². The van der Waals surface area contributed by atoms with E-state index in [1.807, 2.05) is 0 Å². The fourth-order valence-electron chi connectivity index (χ4n) is 0.981. The van der Waals surface area contributed by atoms with Crippen molar-refractivity contribution in [3.63, 3.8) is 0 Å². The molecule has 0 spiro atoms. The maximum absolute atomic E-state index is 5.74. The Morgan fingerprint density at radius 3 is 1.91 bits per heavy atom. The van der Waals surface area contributed by atoms with E-state index < -0.39 is 0 Å². The molecule has 0 aliphatic heterocycles. The summed E-state index contributed by atoms with van der Waals surface area (Å²) in [5.74, 6) is 0.637. The lowest BCUT2D eigenvalue weighted by molar-refractivity contribution is 0.735. The normalized spacial score (nSPS) is 15.4. The van der Waals surface area contributed by atoms with E-state index in [1.165, 1.54) is 5.20 Å². The van der Waals surface area contributed by atoms with Crippen LogP contribution in [-0.4, -0.2) is 9.52 Å². The number of allylic oxidation sites excluding steroid dienone is 1. The maximum Gasteiger partial charge on any atom is 0.0564 e. The first kappa shape index (κ1) is 11.2. The molecule has 0 nitrogen and oxygen atoms in total. The van der Waals surface area contributed by atoms with Crippen LogP contribution in [0, 0.1) is 5.92 Å². The Bertz CT molecular complexity index is 142. The van der Waals surface area contributed by atoms with Gasteiger partial charge in [0.1, 0.15) is 0 Å². The van der Waals surface area contributed by atoms with Gasteiger partial charge in [-0.1, -0.05) is 51.4 Å². The number of rotatable bonds is 2. The summed E-state index contributed by atoms with van der Waals surface area (Å²) >= 11 is 5.74. The van der Waals surface area contributed by atoms with Crippen LogP contribution in [0.1, 0.15) is 34.6 Å². The van der Waals surface area contributed by atoms with Crippen LogP contribution in [0.3, 0.4) is 0 Å². The summed E-state index contributed by atoms with van der Waals surface area (Å²) < 4.78 is 0. The Hall–Kier alpha value is 0.247. The predicted octanol–water partition coefficient (Wildman–Crippen LogP) is 3.11. The quantitative estimate of drug-likeness (QED) is 0.588. The van der Waals surface area contributed by atoms with E-state index in [0.29, 0.717) is 11.0 Å². The summed E-state index contributed by atoms with van der Waals surface area (Å²) in [6, 6.07) is 0. The average molecular weight is 191 g/mol. The number of halogens is 1. The summed E-state index contributed by atoms with van der Waals surface area (Å²) in [6.45, 7) is 11.3. The molecule has 0 N–H and O–H groups in total. The van der Waals surface area contributed by atoms with Gasteiger partial charge in [0.05, 0.1) is 9.52 Å². The largest absolute Gasteiger partial charge is 0.0934 e. The molecule has 0 atom stereocenters. The van der Waals surface area contributed by atoms with E-state index in [9.17, 15) is 0 Å². The standard InChI is InChI=1S/C9H19ClSi/c1-7(2)8(6-10)11-9(3,4)5/h6-7H,11H2,1-5H3. The van der Waals surface area contributed by atoms with Gasteiger partial charge in [-0.3, -0.25) is 0 Å². The zero-order valence-corrected chi connectivity index (χ0v) is 10.4. The molecule has 0 heterocycles. The number of hydrogen-bond acceptors (Lipinski definition) is 0. The molecule has 0 aliphatic rings. The Morgan fingerprint density at radius 1 is 1.36 bits per heavy atom. The Kier molecular flexibility index (Phi) is 4.41. The molecule has 66 valence electrons. The van der Waals surface area contributed by atoms with Gasteiger partial charge in [-0.25, -0.2) is 0 Å². The second-order valence-corrected chi connectivity index (χ2v) is 8.09. The first-order chi connectivity index (χ1) is 4.87. The summed E-state index contributed by atoms with van der Waals surface area (Å²) in [6.07, 6.45) is 0. The maximum atomic E-state index is 5.74. The Morgan fingerprint density at radius 2 is 1.82 bits per heavy atom. The zero-order valence-electron chi connectivity index (χ0n) is 8.24. The molecule has 2 heteroatoms. The molecular formula is C9H19ClSi. The van der Waals surface area contributed by atoms with Crippen LogP contribution in [0.25, 0.3) is 0 Å². The van der Waals surface area contributed by atoms with Gasteiger partial charge in [0, 0.05) is 0 Å². The minimum atomic E-state index is -0.155. The Balaban J connectivity index is 4.12. The van der Waals surface area contributed by atoms with E-state index in [4.69, 9.17) is 11.6 Å². The minimum absolute atomic E-state index is 0.155. The van der Waals surface area contributed by atoms with Gasteiger partial charge in [0.25, 0.3) is 0 Å². The lowest BCUT2D eigenvalue weighted by Gasteiger charge is -2.21. The predicted molar refractivity (Wildman–Crippen MR) is 57.0 cm³/mol. The van der Waals surface area contributed by atoms with Gasteiger partial charge in [-0.2, -0.15) is 0 Å². The molecule has 11 heavy (non-hydrogen) atoms. The molecule has 0 bridgehead atoms. The third-order valence-electron chi connectivity index (χ3n) is 1.62. The van der Waals surface area contributed by atoms with E-state index in [0.717, 1.165) is 0 Å². The zero-order chi connectivity index (χ0) is 9.07. The van der Waals surface area contributed by atoms with Crippen molar-refractivity contribution in [3.05, 3.63) is 10.7 Å². The van der Waals surface area contributed by atoms with Crippen LogP contribution in [0.2, 0.25) is 5.04 Å². The summed E-state index contributed by atoms with van der Waals surface area (Å²) in [7, 11) is -0.155. The highest BCUT2D eigenvalue weighted by atomic mass is 35.5. The molecule has 0 aromatic rings. The van der Waals surface area contributed by atoms with Crippen molar-refractivity contribution < 1.29 is 0 Å². The SMILES string of the molecule is CC(C)C(=CCl)[SiH2]C(C)(C)C. The molecule has 0 unspecified atom stereocenters. The minimum Gasteiger partial charge on any atom is -0.0934 e. The molecule has 0 radical (unpaired) electrons. The van der Waals surface area contributed by atoms with Crippen molar-refractivity contribution in [2.24, 2.45) is 5.92 Å². The summed E-state index contributed by atoms with van der Waals surface area (Å²) in [5, 5.41) is 1.98. The monoisotopic (exact) mass is 190 g/mol. The topological polar surface area (TPSA) is 0 Å². The van der Waals surface area contributed by atoms with Crippen molar-refractivity contribution >= 4 is 21.1 Å². The van der Waals surface area contributed by atoms with Crippen LogP contribution in [0.4, 0.5) is 0 Å². The lowest BCUT2D eigenvalue weighted by atomic mass is 10.2. The summed E-state index contributed by atoms with van der Waals surface area (Å²) in [4.78, 5) is 0. The molecule has 0 saturated carbocycles. The first-order valence-corrected chi connectivity index (χ1v) is 6.01. The molecule has 0 aromatic heterocycles. The van der Waals surface area contributed by atoms with Gasteiger partial charge >= 0.3 is 0 Å². The number of hydrogen-bond donors (Lipinski definition) is 0. The fourth-order valence-corrected chi connectivity index (χ4v) is 3.17. The highest BCUT2D eigenvalue weighted by Crippen LogP contribution is 2.26. The van der Waals surface area contributed by atoms with E-state index in [2.05, 4.69) is 34.6 Å². The van der Waals surface area contributed by atoms with Crippen LogP contribution in [0.5, 0.6) is 0 Å². The molecule has 0 aliphatic carbocycles. The second kappa shape index (κ2) is 4.32. The second-order valence-electron chi connectivity index (χ2n) is 4.58. The van der Waals surface area contributed by atoms with Crippen molar-refractivity contribution in [1.29, 1.82) is 0 Å². The fraction of sp³-hybridized carbons (Fsp3) is 0.778. The summed E-state index contributed by atoms with van der Waals surface area (Å²) in [5.41, 5.74) is 1.79. The van der Waals surface area contributed by atoms with Crippen molar-refractivity contribution in [2.45, 2.75) is 39.7 Å². The van der Waals surface area contributed by atoms with Crippen LogP contribution >= 0.6 is 11.6 Å². The van der Waals surface area contributed by atoms with Gasteiger partial charge < -0.3 is 0 Å². The third kappa shape index (κ3) is 5.51. The van der Waals surface area contributed by atoms with Crippen LogP contribution in [0.15, 0.2) is 10.7 Å². The third-order valence-corrected chi connectivity index (χ3v) is 4.64. The van der Waals surface area contributed by atoms with Gasteiger partial charge in [-0.05, 0) is 16.5 Å². The smallest absolute Gasteiger partial charge is 0.0564 e. The van der Waals surface area contributed by atoms with Gasteiger partial charge in [0.15, 0.2) is 0 Å². The first-order valence-electron chi connectivity index (χ1n) is 4.16. The van der Waals surface area contributed by atoms with E-state index in [-0.39, 0.29) is 9.52 Å². The van der Waals surface area contributed by atoms with Crippen LogP contribution < -0.4 is 0 Å². The molecule has 0 rings (SSSR count). The van der Waals surface area contributed by atoms with Crippen LogP contribution in [-0.2, 0) is 0 Å². The van der Waals surface area contributed by atoms with Crippen molar-refractivity contribution in [2.75, 3.05) is 0 Å². The highest BCUT2D eigenvalue weighted by Gasteiger charge is 2.15. The Labute approximate surface area is 77.8 Å². The lowest BCUT2D eigenvalue weighted by Crippen LogP contribution is -2.14. The van der Waals surface area contributed by atoms with Crippen molar-refractivity contribution in [1.82, 2.24) is 0 Å². The molecule has 0 fully saturated rings. The highest BCUT2D eigenvalue weighted by molar-refractivity contribution is 6.51. The average Bonchev–Trinajstić information content (AvgIpc) is 1.80. The van der Waals surface area contributed by atoms with E-state index >= 15 is 0 Å².